The molecule has 100 valence electrons. The number of hydrogen-bond donors (Lipinski definition) is 1. The van der Waals surface area contributed by atoms with Gasteiger partial charge in [-0.1, -0.05) is 28.1 Å². The van der Waals surface area contributed by atoms with E-state index in [0.717, 1.165) is 21.3 Å². The summed E-state index contributed by atoms with van der Waals surface area (Å²) in [5.41, 5.74) is 8.70. The van der Waals surface area contributed by atoms with Gasteiger partial charge in [-0.05, 0) is 34.5 Å². The number of anilines is 1. The number of aromatic nitrogens is 2. The van der Waals surface area contributed by atoms with Crippen LogP contribution in [-0.4, -0.2) is 17.1 Å². The summed E-state index contributed by atoms with van der Waals surface area (Å²) in [5, 5.41) is 0. The molecule has 0 atom stereocenters. The minimum atomic E-state index is 0.382. The first-order chi connectivity index (χ1) is 9.02. The van der Waals surface area contributed by atoms with E-state index in [1.165, 1.54) is 0 Å². The van der Waals surface area contributed by atoms with Gasteiger partial charge in [-0.15, -0.1) is 0 Å². The van der Waals surface area contributed by atoms with Crippen molar-refractivity contribution in [2.45, 2.75) is 13.5 Å². The molecular formula is C13H13Br2N3O. The van der Waals surface area contributed by atoms with Crippen molar-refractivity contribution in [3.05, 3.63) is 38.4 Å². The third kappa shape index (κ3) is 3.13. The van der Waals surface area contributed by atoms with E-state index in [1.54, 1.807) is 7.11 Å². The topological polar surface area (TPSA) is 61.0 Å². The van der Waals surface area contributed by atoms with E-state index in [0.29, 0.717) is 22.7 Å². The fraction of sp³-hybridized carbons (Fsp3) is 0.231. The van der Waals surface area contributed by atoms with Gasteiger partial charge < -0.3 is 10.5 Å². The molecule has 0 radical (unpaired) electrons. The van der Waals surface area contributed by atoms with Gasteiger partial charge >= 0.3 is 0 Å². The van der Waals surface area contributed by atoms with Crippen LogP contribution in [0.2, 0.25) is 0 Å². The third-order valence-electron chi connectivity index (χ3n) is 2.66. The quantitative estimate of drug-likeness (QED) is 0.873. The number of benzene rings is 1. The van der Waals surface area contributed by atoms with Crippen molar-refractivity contribution in [2.75, 3.05) is 12.8 Å². The second-order valence-electron chi connectivity index (χ2n) is 4.09. The molecule has 0 unspecified atom stereocenters. The molecule has 0 bridgehead atoms. The van der Waals surface area contributed by atoms with Gasteiger partial charge in [0, 0.05) is 17.1 Å². The molecule has 0 fully saturated rings. The molecule has 0 saturated heterocycles. The zero-order valence-electron chi connectivity index (χ0n) is 10.6. The molecule has 0 saturated carbocycles. The maximum absolute atomic E-state index is 5.89. The van der Waals surface area contributed by atoms with Crippen LogP contribution in [0, 0.1) is 6.92 Å². The highest BCUT2D eigenvalue weighted by atomic mass is 79.9. The molecule has 0 amide bonds. The summed E-state index contributed by atoms with van der Waals surface area (Å²) < 4.78 is 6.81. The van der Waals surface area contributed by atoms with Crippen LogP contribution in [-0.2, 0) is 11.3 Å². The Kier molecular flexibility index (Phi) is 4.54. The number of methoxy groups -OCH3 is 1. The standard InChI is InChI=1S/C13H13Br2N3O/c1-7-3-4-8(5-9(7)14)13-17-10(6-19-2)11(15)12(16)18-13/h3-5H,6H2,1-2H3,(H2,16,17,18). The van der Waals surface area contributed by atoms with Crippen molar-refractivity contribution in [1.82, 2.24) is 9.97 Å². The summed E-state index contributed by atoms with van der Waals surface area (Å²) in [6.45, 7) is 2.41. The largest absolute Gasteiger partial charge is 0.383 e. The zero-order chi connectivity index (χ0) is 14.0. The summed E-state index contributed by atoms with van der Waals surface area (Å²) in [6.07, 6.45) is 0. The molecule has 1 aromatic carbocycles. The van der Waals surface area contributed by atoms with Gasteiger partial charge in [-0.2, -0.15) is 0 Å². The van der Waals surface area contributed by atoms with Crippen LogP contribution in [0.25, 0.3) is 11.4 Å². The second kappa shape index (κ2) is 5.98. The van der Waals surface area contributed by atoms with Crippen LogP contribution in [0.4, 0.5) is 5.82 Å². The minimum absolute atomic E-state index is 0.382. The molecule has 0 spiro atoms. The average Bonchev–Trinajstić information content (AvgIpc) is 2.38. The van der Waals surface area contributed by atoms with Gasteiger partial charge in [0.1, 0.15) is 5.82 Å². The van der Waals surface area contributed by atoms with Gasteiger partial charge in [0.25, 0.3) is 0 Å². The van der Waals surface area contributed by atoms with Crippen LogP contribution in [0.3, 0.4) is 0 Å². The Morgan fingerprint density at radius 2 is 2.00 bits per heavy atom. The van der Waals surface area contributed by atoms with Crippen LogP contribution in [0.1, 0.15) is 11.3 Å². The Morgan fingerprint density at radius 3 is 2.63 bits per heavy atom. The lowest BCUT2D eigenvalue weighted by molar-refractivity contribution is 0.181. The molecule has 2 rings (SSSR count). The molecule has 0 aliphatic heterocycles. The maximum Gasteiger partial charge on any atom is 0.161 e. The maximum atomic E-state index is 5.89. The Morgan fingerprint density at radius 1 is 1.26 bits per heavy atom. The monoisotopic (exact) mass is 385 g/mol. The number of rotatable bonds is 3. The molecular weight excluding hydrogens is 374 g/mol. The van der Waals surface area contributed by atoms with Gasteiger partial charge in [0.15, 0.2) is 5.82 Å². The number of nitrogens with two attached hydrogens (primary N) is 1. The van der Waals surface area contributed by atoms with E-state index in [4.69, 9.17) is 10.5 Å². The highest BCUT2D eigenvalue weighted by molar-refractivity contribution is 9.11. The van der Waals surface area contributed by atoms with E-state index in [2.05, 4.69) is 41.8 Å². The molecule has 6 heteroatoms. The molecule has 0 aliphatic rings. The number of nitrogen functional groups attached to an aromatic ring is 1. The highest BCUT2D eigenvalue weighted by Gasteiger charge is 2.12. The minimum Gasteiger partial charge on any atom is -0.383 e. The lowest BCUT2D eigenvalue weighted by Crippen LogP contribution is -2.03. The molecule has 2 aromatic rings. The van der Waals surface area contributed by atoms with Gasteiger partial charge in [0.2, 0.25) is 0 Å². The van der Waals surface area contributed by atoms with Crippen molar-refractivity contribution in [1.29, 1.82) is 0 Å². The third-order valence-corrected chi connectivity index (χ3v) is 4.37. The summed E-state index contributed by atoms with van der Waals surface area (Å²) >= 11 is 6.88. The summed E-state index contributed by atoms with van der Waals surface area (Å²) in [4.78, 5) is 8.78. The van der Waals surface area contributed by atoms with Crippen molar-refractivity contribution in [2.24, 2.45) is 0 Å². The molecule has 0 aliphatic carbocycles. The van der Waals surface area contributed by atoms with Crippen molar-refractivity contribution in [3.8, 4) is 11.4 Å². The lowest BCUT2D eigenvalue weighted by Gasteiger charge is -2.09. The normalized spacial score (nSPS) is 10.7. The van der Waals surface area contributed by atoms with E-state index in [-0.39, 0.29) is 0 Å². The first kappa shape index (κ1) is 14.4. The van der Waals surface area contributed by atoms with E-state index in [9.17, 15) is 0 Å². The highest BCUT2D eigenvalue weighted by Crippen LogP contribution is 2.28. The van der Waals surface area contributed by atoms with Crippen LogP contribution in [0.15, 0.2) is 27.1 Å². The summed E-state index contributed by atoms with van der Waals surface area (Å²) in [7, 11) is 1.62. The Balaban J connectivity index is 2.52. The SMILES string of the molecule is COCc1nc(-c2ccc(C)c(Br)c2)nc(N)c1Br. The molecule has 19 heavy (non-hydrogen) atoms. The van der Waals surface area contributed by atoms with Gasteiger partial charge in [-0.3, -0.25) is 0 Å². The number of aryl methyl sites for hydroxylation is 1. The average molecular weight is 387 g/mol. The number of ether oxygens (including phenoxy) is 1. The summed E-state index contributed by atoms with van der Waals surface area (Å²) in [5.74, 6) is 1.00. The van der Waals surface area contributed by atoms with Gasteiger partial charge in [0.05, 0.1) is 16.8 Å². The number of nitrogens with zero attached hydrogens (tertiary/aromatic N) is 2. The first-order valence-electron chi connectivity index (χ1n) is 5.60. The van der Waals surface area contributed by atoms with E-state index >= 15 is 0 Å². The van der Waals surface area contributed by atoms with Crippen LogP contribution >= 0.6 is 31.9 Å². The zero-order valence-corrected chi connectivity index (χ0v) is 13.7. The second-order valence-corrected chi connectivity index (χ2v) is 5.74. The molecule has 1 aromatic heterocycles. The predicted molar refractivity (Wildman–Crippen MR) is 82.7 cm³/mol. The van der Waals surface area contributed by atoms with Gasteiger partial charge in [-0.25, -0.2) is 9.97 Å². The lowest BCUT2D eigenvalue weighted by atomic mass is 10.1. The van der Waals surface area contributed by atoms with Crippen LogP contribution in [0.5, 0.6) is 0 Å². The van der Waals surface area contributed by atoms with Crippen LogP contribution < -0.4 is 5.73 Å². The fourth-order valence-corrected chi connectivity index (χ4v) is 2.28. The smallest absolute Gasteiger partial charge is 0.161 e. The predicted octanol–water partition coefficient (Wildman–Crippen LogP) is 3.71. The Bertz CT molecular complexity index is 617. The first-order valence-corrected chi connectivity index (χ1v) is 7.19. The Labute approximate surface area is 128 Å². The van der Waals surface area contributed by atoms with Crippen molar-refractivity contribution >= 4 is 37.7 Å². The van der Waals surface area contributed by atoms with Crippen molar-refractivity contribution < 1.29 is 4.74 Å². The van der Waals surface area contributed by atoms with E-state index < -0.39 is 0 Å². The number of halogens is 2. The molecule has 2 N–H and O–H groups in total. The molecule has 4 nitrogen and oxygen atoms in total. The summed E-state index contributed by atoms with van der Waals surface area (Å²) in [6, 6.07) is 5.96. The Hall–Kier alpha value is -0.980. The number of hydrogen-bond acceptors (Lipinski definition) is 4. The van der Waals surface area contributed by atoms with Crippen molar-refractivity contribution in [3.63, 3.8) is 0 Å². The fourth-order valence-electron chi connectivity index (χ4n) is 1.61. The molecule has 1 heterocycles. The van der Waals surface area contributed by atoms with E-state index in [1.807, 2.05) is 25.1 Å².